The molecule has 1 aliphatic rings. The van der Waals surface area contributed by atoms with Gasteiger partial charge in [0.15, 0.2) is 11.5 Å². The molecule has 5 nitrogen and oxygen atoms in total. The van der Waals surface area contributed by atoms with Gasteiger partial charge in [-0.3, -0.25) is 4.79 Å². The van der Waals surface area contributed by atoms with E-state index in [1.165, 1.54) is 7.11 Å². The average Bonchev–Trinajstić information content (AvgIpc) is 3.01. The monoisotopic (exact) mass is 338 g/mol. The molecule has 0 bridgehead atoms. The predicted octanol–water partition coefficient (Wildman–Crippen LogP) is 2.44. The molecule has 0 radical (unpaired) electrons. The average molecular weight is 339 g/mol. The first-order chi connectivity index (χ1) is 11.1. The Kier molecular flexibility index (Phi) is 6.30. The van der Waals surface area contributed by atoms with Crippen molar-refractivity contribution in [1.82, 2.24) is 10.2 Å². The van der Waals surface area contributed by atoms with Crippen LogP contribution in [0.4, 0.5) is 0 Å². The number of carbonyl (C=O) groups excluding carboxylic acids is 1. The molecule has 1 aromatic rings. The highest BCUT2D eigenvalue weighted by atomic mass is 35.5. The van der Waals surface area contributed by atoms with Gasteiger partial charge in [0.25, 0.3) is 0 Å². The Balaban J connectivity index is 2.05. The molecular weight excluding hydrogens is 316 g/mol. The van der Waals surface area contributed by atoms with Gasteiger partial charge in [0.05, 0.1) is 19.2 Å². The van der Waals surface area contributed by atoms with E-state index in [1.807, 2.05) is 11.9 Å². The second-order valence-electron chi connectivity index (χ2n) is 5.57. The summed E-state index contributed by atoms with van der Waals surface area (Å²) in [4.78, 5) is 14.1. The second-order valence-corrected chi connectivity index (χ2v) is 5.98. The summed E-state index contributed by atoms with van der Waals surface area (Å²) < 4.78 is 10.5. The van der Waals surface area contributed by atoms with E-state index in [4.69, 9.17) is 21.1 Å². The van der Waals surface area contributed by atoms with E-state index in [0.29, 0.717) is 22.4 Å². The third kappa shape index (κ3) is 4.39. The quantitative estimate of drug-likeness (QED) is 0.809. The fourth-order valence-corrected chi connectivity index (χ4v) is 3.09. The van der Waals surface area contributed by atoms with Gasteiger partial charge in [0, 0.05) is 19.2 Å². The van der Waals surface area contributed by atoms with Crippen molar-refractivity contribution in [1.29, 1.82) is 0 Å². The zero-order valence-corrected chi connectivity index (χ0v) is 14.5. The van der Waals surface area contributed by atoms with E-state index in [2.05, 4.69) is 5.32 Å². The number of nitrogens with zero attached hydrogens (tertiary/aromatic N) is 1. The van der Waals surface area contributed by atoms with Gasteiger partial charge in [0.1, 0.15) is 0 Å². The first-order valence-electron chi connectivity index (χ1n) is 7.62. The summed E-state index contributed by atoms with van der Waals surface area (Å²) in [6, 6.07) is 3.54. The van der Waals surface area contributed by atoms with Gasteiger partial charge >= 0.3 is 0 Å². The SMILES string of the molecule is CNCC1CCN(C(=O)C=Cc2cc(Cl)c(OC)c(OC)c2)C1. The van der Waals surface area contributed by atoms with E-state index in [-0.39, 0.29) is 5.91 Å². The molecule has 1 aliphatic heterocycles. The Morgan fingerprint density at radius 1 is 1.43 bits per heavy atom. The molecule has 1 heterocycles. The Bertz CT molecular complexity index is 589. The number of carbonyl (C=O) groups is 1. The van der Waals surface area contributed by atoms with E-state index < -0.39 is 0 Å². The summed E-state index contributed by atoms with van der Waals surface area (Å²) >= 11 is 6.17. The molecule has 6 heteroatoms. The van der Waals surface area contributed by atoms with Crippen molar-refractivity contribution in [2.24, 2.45) is 5.92 Å². The highest BCUT2D eigenvalue weighted by Crippen LogP contribution is 2.36. The van der Waals surface area contributed by atoms with Crippen molar-refractivity contribution in [3.63, 3.8) is 0 Å². The lowest BCUT2D eigenvalue weighted by Crippen LogP contribution is -2.28. The summed E-state index contributed by atoms with van der Waals surface area (Å²) in [5, 5.41) is 3.61. The van der Waals surface area contributed by atoms with Crippen molar-refractivity contribution >= 4 is 23.6 Å². The molecule has 1 unspecified atom stereocenters. The van der Waals surface area contributed by atoms with Crippen LogP contribution in [0.15, 0.2) is 18.2 Å². The number of ether oxygens (including phenoxy) is 2. The van der Waals surface area contributed by atoms with Crippen LogP contribution in [0.5, 0.6) is 11.5 Å². The Hall–Kier alpha value is -1.72. The van der Waals surface area contributed by atoms with Crippen molar-refractivity contribution in [3.05, 3.63) is 28.8 Å². The van der Waals surface area contributed by atoms with E-state index in [0.717, 1.165) is 31.6 Å². The number of halogens is 1. The molecule has 0 aromatic heterocycles. The number of likely N-dealkylation sites (tertiary alicyclic amines) is 1. The first-order valence-corrected chi connectivity index (χ1v) is 8.00. The summed E-state index contributed by atoms with van der Waals surface area (Å²) in [6.45, 7) is 2.55. The Labute approximate surface area is 142 Å². The summed E-state index contributed by atoms with van der Waals surface area (Å²) in [5.74, 6) is 1.59. The first kappa shape index (κ1) is 17.6. The van der Waals surface area contributed by atoms with Gasteiger partial charge in [0.2, 0.25) is 5.91 Å². The zero-order valence-electron chi connectivity index (χ0n) is 13.8. The van der Waals surface area contributed by atoms with E-state index >= 15 is 0 Å². The van der Waals surface area contributed by atoms with Crippen LogP contribution in [0.25, 0.3) is 6.08 Å². The number of hydrogen-bond donors (Lipinski definition) is 1. The van der Waals surface area contributed by atoms with Crippen LogP contribution in [-0.4, -0.2) is 51.7 Å². The third-order valence-corrected chi connectivity index (χ3v) is 4.25. The fraction of sp³-hybridized carbons (Fsp3) is 0.471. The standard InChI is InChI=1S/C17H23ClN2O3/c1-19-10-13-6-7-20(11-13)16(21)5-4-12-8-14(18)17(23-3)15(9-12)22-2/h4-5,8-9,13,19H,6-7,10-11H2,1-3H3. The molecule has 1 aromatic carbocycles. The number of benzene rings is 1. The number of rotatable bonds is 6. The molecular formula is C17H23ClN2O3. The van der Waals surface area contributed by atoms with E-state index in [9.17, 15) is 4.79 Å². The minimum absolute atomic E-state index is 0.0227. The van der Waals surface area contributed by atoms with Crippen LogP contribution in [0.2, 0.25) is 5.02 Å². The minimum atomic E-state index is 0.0227. The van der Waals surface area contributed by atoms with Crippen LogP contribution in [0.1, 0.15) is 12.0 Å². The lowest BCUT2D eigenvalue weighted by Gasteiger charge is -2.14. The van der Waals surface area contributed by atoms with Gasteiger partial charge in [-0.15, -0.1) is 0 Å². The predicted molar refractivity (Wildman–Crippen MR) is 92.2 cm³/mol. The lowest BCUT2D eigenvalue weighted by molar-refractivity contribution is -0.125. The van der Waals surface area contributed by atoms with Crippen LogP contribution in [0.3, 0.4) is 0 Å². The molecule has 0 spiro atoms. The molecule has 23 heavy (non-hydrogen) atoms. The maximum atomic E-state index is 12.3. The van der Waals surface area contributed by atoms with Gasteiger partial charge in [-0.25, -0.2) is 0 Å². The Morgan fingerprint density at radius 2 is 2.22 bits per heavy atom. The highest BCUT2D eigenvalue weighted by Gasteiger charge is 2.24. The number of methoxy groups -OCH3 is 2. The van der Waals surface area contributed by atoms with Crippen LogP contribution < -0.4 is 14.8 Å². The van der Waals surface area contributed by atoms with E-state index in [1.54, 1.807) is 31.4 Å². The molecule has 1 saturated heterocycles. The minimum Gasteiger partial charge on any atom is -0.493 e. The topological polar surface area (TPSA) is 50.8 Å². The summed E-state index contributed by atoms with van der Waals surface area (Å²) in [6.07, 6.45) is 4.38. The molecule has 1 atom stereocenters. The van der Waals surface area contributed by atoms with Crippen LogP contribution >= 0.6 is 11.6 Å². The third-order valence-electron chi connectivity index (χ3n) is 3.96. The molecule has 0 saturated carbocycles. The van der Waals surface area contributed by atoms with Crippen molar-refractivity contribution in [3.8, 4) is 11.5 Å². The van der Waals surface area contributed by atoms with Gasteiger partial charge in [-0.1, -0.05) is 11.6 Å². The van der Waals surface area contributed by atoms with Crippen molar-refractivity contribution in [2.75, 3.05) is 40.9 Å². The van der Waals surface area contributed by atoms with Gasteiger partial charge in [-0.2, -0.15) is 0 Å². The molecule has 0 aliphatic carbocycles. The highest BCUT2D eigenvalue weighted by molar-refractivity contribution is 6.32. The molecule has 126 valence electrons. The zero-order chi connectivity index (χ0) is 16.8. The maximum Gasteiger partial charge on any atom is 0.246 e. The molecule has 1 amide bonds. The van der Waals surface area contributed by atoms with Gasteiger partial charge in [-0.05, 0) is 49.7 Å². The Morgan fingerprint density at radius 3 is 2.87 bits per heavy atom. The number of nitrogens with one attached hydrogen (secondary N) is 1. The molecule has 2 rings (SSSR count). The smallest absolute Gasteiger partial charge is 0.246 e. The summed E-state index contributed by atoms with van der Waals surface area (Å²) in [5.41, 5.74) is 0.798. The van der Waals surface area contributed by atoms with Crippen molar-refractivity contribution in [2.45, 2.75) is 6.42 Å². The normalized spacial score (nSPS) is 17.7. The number of amides is 1. The van der Waals surface area contributed by atoms with Gasteiger partial charge < -0.3 is 19.7 Å². The molecule has 1 fully saturated rings. The molecule has 1 N–H and O–H groups in total. The van der Waals surface area contributed by atoms with Crippen LogP contribution in [0, 0.1) is 5.92 Å². The number of hydrogen-bond acceptors (Lipinski definition) is 4. The maximum absolute atomic E-state index is 12.3. The van der Waals surface area contributed by atoms with Crippen molar-refractivity contribution < 1.29 is 14.3 Å². The van der Waals surface area contributed by atoms with Crippen LogP contribution in [-0.2, 0) is 4.79 Å². The lowest BCUT2D eigenvalue weighted by atomic mass is 10.1. The summed E-state index contributed by atoms with van der Waals surface area (Å²) in [7, 11) is 5.03. The second kappa shape index (κ2) is 8.22. The largest absolute Gasteiger partial charge is 0.493 e. The fourth-order valence-electron chi connectivity index (χ4n) is 2.80.